The quantitative estimate of drug-likeness (QED) is 0.377. The Hall–Kier alpha value is -0.543. The SMILES string of the molecule is C[Si](C)(C)SCCCCC/N=C/c1ccccc1. The second-order valence-corrected chi connectivity index (χ2v) is 14.9. The Morgan fingerprint density at radius 3 is 2.44 bits per heavy atom. The molecule has 0 bridgehead atoms. The normalized spacial score (nSPS) is 12.2. The summed E-state index contributed by atoms with van der Waals surface area (Å²) in [6.07, 6.45) is 5.85. The van der Waals surface area contributed by atoms with Gasteiger partial charge in [0.05, 0.1) is 0 Å². The first-order valence-electron chi connectivity index (χ1n) is 6.77. The van der Waals surface area contributed by atoms with Crippen LogP contribution in [0.3, 0.4) is 0 Å². The summed E-state index contributed by atoms with van der Waals surface area (Å²) in [6.45, 7) is 8.22. The van der Waals surface area contributed by atoms with E-state index >= 15 is 0 Å². The second kappa shape index (κ2) is 8.54. The molecule has 0 aliphatic heterocycles. The van der Waals surface area contributed by atoms with Crippen LogP contribution in [0.5, 0.6) is 0 Å². The zero-order valence-corrected chi connectivity index (χ0v) is 13.7. The number of hydrogen-bond acceptors (Lipinski definition) is 2. The van der Waals surface area contributed by atoms with Crippen molar-refractivity contribution in [2.75, 3.05) is 12.3 Å². The van der Waals surface area contributed by atoms with Gasteiger partial charge >= 0.3 is 0 Å². The summed E-state index contributed by atoms with van der Waals surface area (Å²) in [5, 5.41) is 0. The van der Waals surface area contributed by atoms with Crippen molar-refractivity contribution in [3.8, 4) is 0 Å². The Labute approximate surface area is 117 Å². The molecule has 0 aromatic heterocycles. The lowest BCUT2D eigenvalue weighted by molar-refractivity contribution is 0.735. The lowest BCUT2D eigenvalue weighted by Crippen LogP contribution is -2.14. The van der Waals surface area contributed by atoms with Crippen LogP contribution in [-0.4, -0.2) is 25.7 Å². The molecule has 1 aromatic rings. The average molecular weight is 280 g/mol. The first kappa shape index (κ1) is 15.5. The van der Waals surface area contributed by atoms with Crippen molar-refractivity contribution >= 4 is 24.6 Å². The zero-order chi connectivity index (χ0) is 13.3. The van der Waals surface area contributed by atoms with Gasteiger partial charge in [-0.1, -0.05) is 56.4 Å². The third kappa shape index (κ3) is 8.53. The first-order valence-corrected chi connectivity index (χ1v) is 12.0. The lowest BCUT2D eigenvalue weighted by Gasteiger charge is -2.14. The summed E-state index contributed by atoms with van der Waals surface area (Å²) in [5.74, 6) is 1.33. The van der Waals surface area contributed by atoms with Crippen molar-refractivity contribution in [3.05, 3.63) is 35.9 Å². The third-order valence-electron chi connectivity index (χ3n) is 2.51. The highest BCUT2D eigenvalue weighted by molar-refractivity contribution is 8.28. The van der Waals surface area contributed by atoms with E-state index in [1.807, 2.05) is 12.3 Å². The number of unbranched alkanes of at least 4 members (excludes halogenated alkanes) is 2. The highest BCUT2D eigenvalue weighted by Gasteiger charge is 2.12. The van der Waals surface area contributed by atoms with Gasteiger partial charge in [0.2, 0.25) is 0 Å². The Kier molecular flexibility index (Phi) is 7.36. The van der Waals surface area contributed by atoms with Crippen LogP contribution >= 0.6 is 11.2 Å². The smallest absolute Gasteiger partial charge is 0.108 e. The fourth-order valence-electron chi connectivity index (χ4n) is 1.57. The van der Waals surface area contributed by atoms with Gasteiger partial charge in [-0.15, -0.1) is 0 Å². The Morgan fingerprint density at radius 1 is 1.06 bits per heavy atom. The van der Waals surface area contributed by atoms with Crippen LogP contribution in [0.25, 0.3) is 0 Å². The molecule has 0 amide bonds. The molecule has 0 atom stereocenters. The molecule has 0 radical (unpaired) electrons. The van der Waals surface area contributed by atoms with Crippen molar-refractivity contribution < 1.29 is 0 Å². The monoisotopic (exact) mass is 279 g/mol. The van der Waals surface area contributed by atoms with E-state index in [4.69, 9.17) is 0 Å². The Balaban J connectivity index is 2.01. The number of nitrogens with zero attached hydrogens (tertiary/aromatic N) is 1. The number of aliphatic imine (C=N–C) groups is 1. The number of hydrogen-bond donors (Lipinski definition) is 0. The molecule has 1 rings (SSSR count). The van der Waals surface area contributed by atoms with Crippen LogP contribution in [0.2, 0.25) is 19.6 Å². The molecule has 1 aromatic carbocycles. The molecule has 0 unspecified atom stereocenters. The molecular formula is C15H25NSSi. The van der Waals surface area contributed by atoms with Gasteiger partial charge in [0.1, 0.15) is 7.22 Å². The van der Waals surface area contributed by atoms with E-state index in [9.17, 15) is 0 Å². The van der Waals surface area contributed by atoms with E-state index in [-0.39, 0.29) is 0 Å². The minimum atomic E-state index is -0.890. The van der Waals surface area contributed by atoms with E-state index < -0.39 is 7.22 Å². The molecular weight excluding hydrogens is 254 g/mol. The van der Waals surface area contributed by atoms with Gasteiger partial charge in [-0.3, -0.25) is 4.99 Å². The molecule has 0 heterocycles. The summed E-state index contributed by atoms with van der Waals surface area (Å²) in [5.41, 5.74) is 1.20. The lowest BCUT2D eigenvalue weighted by atomic mass is 10.2. The minimum Gasteiger partial charge on any atom is -0.293 e. The summed E-state index contributed by atoms with van der Waals surface area (Å²) in [4.78, 5) is 4.46. The molecule has 0 fully saturated rings. The van der Waals surface area contributed by atoms with Gasteiger partial charge in [-0.2, -0.15) is 11.2 Å². The minimum absolute atomic E-state index is 0.890. The van der Waals surface area contributed by atoms with Gasteiger partial charge in [0.15, 0.2) is 0 Å². The summed E-state index contributed by atoms with van der Waals surface area (Å²) in [7, 11) is -0.890. The topological polar surface area (TPSA) is 12.4 Å². The molecule has 0 saturated carbocycles. The maximum Gasteiger partial charge on any atom is 0.108 e. The third-order valence-corrected chi connectivity index (χ3v) is 7.08. The standard InChI is InChI=1S/C15H25NSSi/c1-18(2,3)17-13-9-5-8-12-16-14-15-10-6-4-7-11-15/h4,6-7,10-11,14H,5,8-9,12-13H2,1-3H3/b16-14+. The zero-order valence-electron chi connectivity index (χ0n) is 11.9. The summed E-state index contributed by atoms with van der Waals surface area (Å²) in [6, 6.07) is 10.3. The Bertz CT molecular complexity index is 343. The van der Waals surface area contributed by atoms with E-state index in [1.54, 1.807) is 0 Å². The highest BCUT2D eigenvalue weighted by atomic mass is 32.4. The number of rotatable bonds is 8. The van der Waals surface area contributed by atoms with Crippen LogP contribution in [-0.2, 0) is 0 Å². The predicted octanol–water partition coefficient (Wildman–Crippen LogP) is 4.84. The van der Waals surface area contributed by atoms with Gasteiger partial charge in [0.25, 0.3) is 0 Å². The second-order valence-electron chi connectivity index (χ2n) is 5.47. The molecule has 0 aliphatic carbocycles. The molecule has 3 heteroatoms. The van der Waals surface area contributed by atoms with E-state index in [0.29, 0.717) is 0 Å². The molecule has 0 spiro atoms. The fraction of sp³-hybridized carbons (Fsp3) is 0.533. The van der Waals surface area contributed by atoms with Crippen LogP contribution in [0.15, 0.2) is 35.3 Å². The van der Waals surface area contributed by atoms with Gasteiger partial charge in [-0.05, 0) is 24.2 Å². The molecule has 0 N–H and O–H groups in total. The van der Waals surface area contributed by atoms with E-state index in [1.165, 1.54) is 30.6 Å². The van der Waals surface area contributed by atoms with Crippen LogP contribution < -0.4 is 0 Å². The maximum absolute atomic E-state index is 4.46. The van der Waals surface area contributed by atoms with Crippen LogP contribution in [0, 0.1) is 0 Å². The predicted molar refractivity (Wildman–Crippen MR) is 88.6 cm³/mol. The molecule has 0 aliphatic rings. The Morgan fingerprint density at radius 2 is 1.78 bits per heavy atom. The largest absolute Gasteiger partial charge is 0.293 e. The van der Waals surface area contributed by atoms with Gasteiger partial charge in [-0.25, -0.2) is 0 Å². The highest BCUT2D eigenvalue weighted by Crippen LogP contribution is 2.20. The van der Waals surface area contributed by atoms with Crippen LogP contribution in [0.4, 0.5) is 0 Å². The first-order chi connectivity index (χ1) is 8.58. The molecule has 1 nitrogen and oxygen atoms in total. The van der Waals surface area contributed by atoms with Crippen molar-refractivity contribution in [2.24, 2.45) is 4.99 Å². The van der Waals surface area contributed by atoms with Gasteiger partial charge in [0, 0.05) is 12.8 Å². The summed E-state index contributed by atoms with van der Waals surface area (Å²) >= 11 is 2.19. The summed E-state index contributed by atoms with van der Waals surface area (Å²) < 4.78 is 0. The van der Waals surface area contributed by atoms with Crippen molar-refractivity contribution in [2.45, 2.75) is 38.9 Å². The van der Waals surface area contributed by atoms with Crippen molar-refractivity contribution in [1.29, 1.82) is 0 Å². The van der Waals surface area contributed by atoms with Gasteiger partial charge < -0.3 is 0 Å². The molecule has 18 heavy (non-hydrogen) atoms. The maximum atomic E-state index is 4.46. The fourth-order valence-corrected chi connectivity index (χ4v) is 4.80. The molecule has 100 valence electrons. The number of benzene rings is 1. The van der Waals surface area contributed by atoms with Crippen LogP contribution in [0.1, 0.15) is 24.8 Å². The average Bonchev–Trinajstić information content (AvgIpc) is 2.32. The van der Waals surface area contributed by atoms with Crippen molar-refractivity contribution in [1.82, 2.24) is 0 Å². The van der Waals surface area contributed by atoms with E-state index in [0.717, 1.165) is 6.54 Å². The van der Waals surface area contributed by atoms with E-state index in [2.05, 4.69) is 60.1 Å². The van der Waals surface area contributed by atoms with Crippen molar-refractivity contribution in [3.63, 3.8) is 0 Å². The molecule has 0 saturated heterocycles.